The Morgan fingerprint density at radius 2 is 2.12 bits per heavy atom. The molecule has 0 spiro atoms. The lowest BCUT2D eigenvalue weighted by molar-refractivity contribution is 0.600. The lowest BCUT2D eigenvalue weighted by Crippen LogP contribution is -2.33. The first kappa shape index (κ1) is 15.0. The Bertz CT molecular complexity index is 986. The number of aromatic nitrogens is 5. The first-order valence-corrected chi connectivity index (χ1v) is 9.41. The summed E-state index contributed by atoms with van der Waals surface area (Å²) in [6.07, 6.45) is 5.47. The van der Waals surface area contributed by atoms with E-state index in [1.165, 1.54) is 6.33 Å². The highest BCUT2D eigenvalue weighted by Gasteiger charge is 2.32. The van der Waals surface area contributed by atoms with Gasteiger partial charge in [-0.25, -0.2) is 23.4 Å². The quantitative estimate of drug-likeness (QED) is 0.695. The Balaban J connectivity index is 1.77. The highest BCUT2D eigenvalue weighted by atomic mass is 32.2. The summed E-state index contributed by atoms with van der Waals surface area (Å²) in [5.74, 6) is 1.74. The molecule has 0 radical (unpaired) electrons. The van der Waals surface area contributed by atoms with E-state index in [1.54, 1.807) is 17.1 Å². The summed E-state index contributed by atoms with van der Waals surface area (Å²) in [5, 5.41) is 5.14. The van der Waals surface area contributed by atoms with E-state index < -0.39 is 9.84 Å². The smallest absolute Gasteiger partial charge is 0.170 e. The van der Waals surface area contributed by atoms with Crippen molar-refractivity contribution in [3.8, 4) is 5.82 Å². The zero-order chi connectivity index (χ0) is 16.7. The van der Waals surface area contributed by atoms with Crippen LogP contribution in [0.25, 0.3) is 16.9 Å². The van der Waals surface area contributed by atoms with Crippen LogP contribution >= 0.6 is 0 Å². The van der Waals surface area contributed by atoms with Crippen LogP contribution in [0.15, 0.2) is 36.9 Å². The van der Waals surface area contributed by atoms with Crippen molar-refractivity contribution in [2.45, 2.75) is 12.5 Å². The van der Waals surface area contributed by atoms with E-state index >= 15 is 0 Å². The summed E-state index contributed by atoms with van der Waals surface area (Å²) in [6.45, 7) is 0. The molecule has 1 saturated heterocycles. The Hall–Kier alpha value is -2.55. The molecule has 3 aromatic heterocycles. The Morgan fingerprint density at radius 1 is 1.25 bits per heavy atom. The first-order chi connectivity index (χ1) is 11.6. The zero-order valence-corrected chi connectivity index (χ0v) is 13.9. The molecular formula is C15H16N6O2S. The van der Waals surface area contributed by atoms with Gasteiger partial charge in [-0.1, -0.05) is 6.07 Å². The average Bonchev–Trinajstić information content (AvgIpc) is 3.18. The van der Waals surface area contributed by atoms with Crippen molar-refractivity contribution in [3.05, 3.63) is 36.9 Å². The summed E-state index contributed by atoms with van der Waals surface area (Å²) in [7, 11) is -1.09. The summed E-state index contributed by atoms with van der Waals surface area (Å²) in [5.41, 5.74) is 0.645. The van der Waals surface area contributed by atoms with Gasteiger partial charge >= 0.3 is 0 Å². The Kier molecular flexibility index (Phi) is 3.45. The lowest BCUT2D eigenvalue weighted by atomic mass is 10.2. The van der Waals surface area contributed by atoms with Crippen LogP contribution < -0.4 is 4.90 Å². The van der Waals surface area contributed by atoms with Crippen LogP contribution in [0.3, 0.4) is 0 Å². The lowest BCUT2D eigenvalue weighted by Gasteiger charge is -2.24. The topological polar surface area (TPSA) is 93.9 Å². The molecule has 24 heavy (non-hydrogen) atoms. The molecule has 9 heteroatoms. The molecule has 0 saturated carbocycles. The molecule has 1 aliphatic rings. The second kappa shape index (κ2) is 5.52. The maximum absolute atomic E-state index is 11.7. The van der Waals surface area contributed by atoms with Gasteiger partial charge in [-0.15, -0.1) is 0 Å². The van der Waals surface area contributed by atoms with Gasteiger partial charge in [-0.05, 0) is 18.6 Å². The molecular weight excluding hydrogens is 328 g/mol. The van der Waals surface area contributed by atoms with E-state index in [4.69, 9.17) is 0 Å². The van der Waals surface area contributed by atoms with Crippen molar-refractivity contribution in [2.24, 2.45) is 0 Å². The van der Waals surface area contributed by atoms with Crippen molar-refractivity contribution in [1.82, 2.24) is 24.7 Å². The van der Waals surface area contributed by atoms with Crippen LogP contribution in [0.4, 0.5) is 5.82 Å². The van der Waals surface area contributed by atoms with E-state index in [1.807, 2.05) is 30.1 Å². The van der Waals surface area contributed by atoms with Crippen LogP contribution in [0, 0.1) is 0 Å². The number of sulfone groups is 1. The van der Waals surface area contributed by atoms with Gasteiger partial charge in [0.25, 0.3) is 0 Å². The Morgan fingerprint density at radius 3 is 2.83 bits per heavy atom. The molecule has 124 valence electrons. The van der Waals surface area contributed by atoms with E-state index in [0.717, 1.165) is 5.39 Å². The molecule has 0 aromatic carbocycles. The molecule has 4 heterocycles. The van der Waals surface area contributed by atoms with Gasteiger partial charge in [0.2, 0.25) is 0 Å². The van der Waals surface area contributed by atoms with Crippen molar-refractivity contribution < 1.29 is 8.42 Å². The number of fused-ring (bicyclic) bond motifs is 1. The maximum Gasteiger partial charge on any atom is 0.170 e. The minimum atomic E-state index is -2.96. The number of hydrogen-bond acceptors (Lipinski definition) is 7. The normalized spacial score (nSPS) is 19.6. The number of nitrogens with zero attached hydrogens (tertiary/aromatic N) is 6. The summed E-state index contributed by atoms with van der Waals surface area (Å²) < 4.78 is 25.1. The summed E-state index contributed by atoms with van der Waals surface area (Å²) >= 11 is 0. The fourth-order valence-electron chi connectivity index (χ4n) is 3.01. The van der Waals surface area contributed by atoms with E-state index in [-0.39, 0.29) is 17.5 Å². The van der Waals surface area contributed by atoms with Crippen LogP contribution in [0.5, 0.6) is 0 Å². The van der Waals surface area contributed by atoms with Gasteiger partial charge in [0.15, 0.2) is 21.3 Å². The van der Waals surface area contributed by atoms with Crippen LogP contribution in [-0.4, -0.2) is 57.7 Å². The fraction of sp³-hybridized carbons (Fsp3) is 0.333. The maximum atomic E-state index is 11.7. The second-order valence-electron chi connectivity index (χ2n) is 5.85. The zero-order valence-electron chi connectivity index (χ0n) is 13.1. The molecule has 0 bridgehead atoms. The van der Waals surface area contributed by atoms with Gasteiger partial charge in [-0.2, -0.15) is 9.78 Å². The first-order valence-electron chi connectivity index (χ1n) is 7.58. The fourth-order valence-corrected chi connectivity index (χ4v) is 4.79. The Labute approximate surface area is 139 Å². The highest BCUT2D eigenvalue weighted by molar-refractivity contribution is 7.91. The van der Waals surface area contributed by atoms with E-state index in [2.05, 4.69) is 20.1 Å². The molecule has 1 fully saturated rings. The molecule has 1 unspecified atom stereocenters. The van der Waals surface area contributed by atoms with Crippen LogP contribution in [0.1, 0.15) is 6.42 Å². The third-order valence-electron chi connectivity index (χ3n) is 4.30. The van der Waals surface area contributed by atoms with Gasteiger partial charge in [-0.3, -0.25) is 0 Å². The summed E-state index contributed by atoms with van der Waals surface area (Å²) in [6, 6.07) is 5.49. The standard InChI is InChI=1S/C15H16N6O2S/c1-20(11-5-7-24(22,23)9-11)14-12-8-19-21(15(12)18-10-17-14)13-4-2-3-6-16-13/h2-4,6,8,10-11H,5,7,9H2,1H3. The molecule has 0 N–H and O–H groups in total. The molecule has 1 atom stereocenters. The minimum Gasteiger partial charge on any atom is -0.355 e. The molecule has 8 nitrogen and oxygen atoms in total. The number of rotatable bonds is 3. The third-order valence-corrected chi connectivity index (χ3v) is 6.05. The molecule has 3 aromatic rings. The third kappa shape index (κ3) is 2.50. The van der Waals surface area contributed by atoms with Gasteiger partial charge in [0, 0.05) is 19.3 Å². The van der Waals surface area contributed by atoms with Crippen LogP contribution in [0.2, 0.25) is 0 Å². The van der Waals surface area contributed by atoms with Crippen molar-refractivity contribution in [2.75, 3.05) is 23.5 Å². The predicted molar refractivity (Wildman–Crippen MR) is 89.9 cm³/mol. The van der Waals surface area contributed by atoms with Gasteiger partial charge in [0.1, 0.15) is 12.1 Å². The predicted octanol–water partition coefficient (Wildman–Crippen LogP) is 0.834. The highest BCUT2D eigenvalue weighted by Crippen LogP contribution is 2.27. The van der Waals surface area contributed by atoms with E-state index in [9.17, 15) is 8.42 Å². The number of pyridine rings is 1. The SMILES string of the molecule is CN(c1ncnc2c1cnn2-c1ccccn1)C1CCS(=O)(=O)C1. The molecule has 0 aliphatic carbocycles. The average molecular weight is 344 g/mol. The van der Waals surface area contributed by atoms with Crippen molar-refractivity contribution in [3.63, 3.8) is 0 Å². The van der Waals surface area contributed by atoms with Crippen LogP contribution in [-0.2, 0) is 9.84 Å². The molecule has 4 rings (SSSR count). The number of anilines is 1. The van der Waals surface area contributed by atoms with Crippen molar-refractivity contribution in [1.29, 1.82) is 0 Å². The molecule has 1 aliphatic heterocycles. The molecule has 0 amide bonds. The largest absolute Gasteiger partial charge is 0.355 e. The van der Waals surface area contributed by atoms with E-state index in [0.29, 0.717) is 23.7 Å². The monoisotopic (exact) mass is 344 g/mol. The summed E-state index contributed by atoms with van der Waals surface area (Å²) in [4.78, 5) is 14.9. The number of hydrogen-bond donors (Lipinski definition) is 0. The van der Waals surface area contributed by atoms with Crippen molar-refractivity contribution >= 4 is 26.7 Å². The van der Waals surface area contributed by atoms with Gasteiger partial charge < -0.3 is 4.90 Å². The van der Waals surface area contributed by atoms with Gasteiger partial charge in [0.05, 0.1) is 23.1 Å². The minimum absolute atomic E-state index is 0.0775. The second-order valence-corrected chi connectivity index (χ2v) is 8.08.